The Labute approximate surface area is 231 Å². The van der Waals surface area contributed by atoms with Gasteiger partial charge >= 0.3 is 5.97 Å². The largest absolute Gasteiger partial charge is 0.481 e. The van der Waals surface area contributed by atoms with Crippen LogP contribution < -0.4 is 9.64 Å². The highest BCUT2D eigenvalue weighted by Crippen LogP contribution is 2.53. The van der Waals surface area contributed by atoms with Gasteiger partial charge in [-0.3, -0.25) is 14.4 Å². The minimum Gasteiger partial charge on any atom is -0.481 e. The quantitative estimate of drug-likeness (QED) is 0.399. The highest BCUT2D eigenvalue weighted by atomic mass is 32.1. The zero-order valence-corrected chi connectivity index (χ0v) is 22.6. The van der Waals surface area contributed by atoms with Gasteiger partial charge in [0.15, 0.2) is 0 Å². The molecule has 39 heavy (non-hydrogen) atoms. The lowest BCUT2D eigenvalue weighted by Gasteiger charge is -2.48. The van der Waals surface area contributed by atoms with Gasteiger partial charge in [-0.15, -0.1) is 0 Å². The van der Waals surface area contributed by atoms with Crippen molar-refractivity contribution in [1.82, 2.24) is 9.88 Å². The lowest BCUT2D eigenvalue weighted by Crippen LogP contribution is -2.52. The van der Waals surface area contributed by atoms with E-state index in [1.54, 1.807) is 13.3 Å². The normalized spacial score (nSPS) is 21.7. The number of aromatic nitrogens is 1. The number of para-hydroxylation sites is 1. The number of benzene rings is 2. The van der Waals surface area contributed by atoms with Crippen molar-refractivity contribution in [3.8, 4) is 15.6 Å². The summed E-state index contributed by atoms with van der Waals surface area (Å²) >= 11 is 1.46. The van der Waals surface area contributed by atoms with Crippen LogP contribution in [-0.2, 0) is 9.59 Å². The number of carboxylic acid groups (broad SMARTS) is 1. The van der Waals surface area contributed by atoms with Crippen molar-refractivity contribution >= 4 is 34.8 Å². The van der Waals surface area contributed by atoms with Gasteiger partial charge in [-0.2, -0.15) is 0 Å². The highest BCUT2D eigenvalue weighted by molar-refractivity contribution is 7.16. The van der Waals surface area contributed by atoms with Crippen molar-refractivity contribution in [1.29, 1.82) is 0 Å². The number of hydrogen-bond donors (Lipinski definition) is 1. The third kappa shape index (κ3) is 4.80. The zero-order valence-electron chi connectivity index (χ0n) is 21.8. The number of rotatable bonds is 8. The van der Waals surface area contributed by atoms with Crippen molar-refractivity contribution in [2.24, 2.45) is 5.92 Å². The molecule has 2 fully saturated rings. The van der Waals surface area contributed by atoms with E-state index in [0.29, 0.717) is 10.8 Å². The summed E-state index contributed by atoms with van der Waals surface area (Å²) < 4.78 is 5.21. The Hall–Kier alpha value is -3.72. The van der Waals surface area contributed by atoms with Gasteiger partial charge in [0.25, 0.3) is 11.1 Å². The highest BCUT2D eigenvalue weighted by Gasteiger charge is 2.51. The van der Waals surface area contributed by atoms with E-state index in [9.17, 15) is 19.5 Å². The molecule has 0 radical (unpaired) electrons. The fraction of sp³-hybridized carbons (Fsp3) is 0.400. The van der Waals surface area contributed by atoms with Crippen LogP contribution in [-0.4, -0.2) is 52.0 Å². The number of methoxy groups -OCH3 is 1. The van der Waals surface area contributed by atoms with Crippen LogP contribution in [0.1, 0.15) is 66.9 Å². The molecule has 2 aliphatic carbocycles. The first-order valence-electron chi connectivity index (χ1n) is 13.5. The number of thiazole rings is 1. The van der Waals surface area contributed by atoms with Crippen molar-refractivity contribution in [2.75, 3.05) is 12.0 Å². The van der Waals surface area contributed by atoms with Crippen LogP contribution in [0.4, 0.5) is 5.69 Å². The maximum atomic E-state index is 14.1. The number of aliphatic carboxylic acids is 1. The standard InChI is InChI=1S/C30H31N3O5S/c1-38-30-31-17-25(39-30)18-9-11-19(12-10-18)29(37)33-23-7-3-2-5-21(23)28(22-6-4-8-24(22)33)32(20-13-14-20)26(34)15-16-27(35)36/h2-3,5,7,9-12,17,20,22,24,28H,4,6,8,13-16H2,1H3,(H,35,36). The minimum atomic E-state index is -0.959. The first-order valence-corrected chi connectivity index (χ1v) is 14.3. The first kappa shape index (κ1) is 25.6. The van der Waals surface area contributed by atoms with Crippen LogP contribution in [0.25, 0.3) is 10.4 Å². The Balaban J connectivity index is 1.34. The van der Waals surface area contributed by atoms with Gasteiger partial charge in [-0.05, 0) is 55.0 Å². The number of carboxylic acids is 1. The number of amides is 2. The smallest absolute Gasteiger partial charge is 0.303 e. The molecule has 2 amide bonds. The van der Waals surface area contributed by atoms with Crippen molar-refractivity contribution < 1.29 is 24.2 Å². The van der Waals surface area contributed by atoms with Crippen LogP contribution in [0, 0.1) is 5.92 Å². The molecule has 2 aromatic carbocycles. The van der Waals surface area contributed by atoms with Gasteiger partial charge in [0, 0.05) is 41.9 Å². The van der Waals surface area contributed by atoms with E-state index in [0.717, 1.165) is 53.8 Å². The van der Waals surface area contributed by atoms with Gasteiger partial charge in [0.1, 0.15) is 0 Å². The van der Waals surface area contributed by atoms with Crippen LogP contribution >= 0.6 is 11.3 Å². The topological polar surface area (TPSA) is 100 Å². The number of ether oxygens (including phenoxy) is 1. The van der Waals surface area contributed by atoms with Crippen LogP contribution in [0.2, 0.25) is 0 Å². The van der Waals surface area contributed by atoms with Crippen molar-refractivity contribution in [2.45, 2.75) is 63.1 Å². The minimum absolute atomic E-state index is 0.00250. The summed E-state index contributed by atoms with van der Waals surface area (Å²) in [5, 5.41) is 9.79. The molecule has 3 aliphatic rings. The predicted molar refractivity (Wildman–Crippen MR) is 148 cm³/mol. The van der Waals surface area contributed by atoms with Crippen molar-refractivity contribution in [3.63, 3.8) is 0 Å². The molecule has 1 aliphatic heterocycles. The maximum Gasteiger partial charge on any atom is 0.303 e. The fourth-order valence-corrected chi connectivity index (χ4v) is 7.06. The monoisotopic (exact) mass is 545 g/mol. The van der Waals surface area contributed by atoms with Gasteiger partial charge in [0.05, 0.1) is 24.4 Å². The fourth-order valence-electron chi connectivity index (χ4n) is 6.32. The Kier molecular flexibility index (Phi) is 6.85. The second-order valence-corrected chi connectivity index (χ2v) is 11.5. The number of fused-ring (bicyclic) bond motifs is 2. The third-order valence-corrected chi connectivity index (χ3v) is 9.17. The number of carbonyl (C=O) groups excluding carboxylic acids is 2. The molecular formula is C30H31N3O5S. The molecule has 9 heteroatoms. The first-order chi connectivity index (χ1) is 19.0. The lowest BCUT2D eigenvalue weighted by atomic mass is 9.81. The van der Waals surface area contributed by atoms with Gasteiger partial charge in [-0.1, -0.05) is 48.1 Å². The van der Waals surface area contributed by atoms with E-state index in [1.807, 2.05) is 58.3 Å². The van der Waals surface area contributed by atoms with Gasteiger partial charge in [-0.25, -0.2) is 4.98 Å². The second kappa shape index (κ2) is 10.4. The molecule has 202 valence electrons. The molecule has 8 nitrogen and oxygen atoms in total. The van der Waals surface area contributed by atoms with Crippen LogP contribution in [0.5, 0.6) is 5.19 Å². The summed E-state index contributed by atoms with van der Waals surface area (Å²) in [6, 6.07) is 15.5. The van der Waals surface area contributed by atoms with E-state index in [1.165, 1.54) is 11.3 Å². The zero-order chi connectivity index (χ0) is 27.1. The maximum absolute atomic E-state index is 14.1. The Morgan fingerprint density at radius 2 is 1.82 bits per heavy atom. The molecule has 0 saturated heterocycles. The average molecular weight is 546 g/mol. The van der Waals surface area contributed by atoms with E-state index in [-0.39, 0.29) is 48.7 Å². The van der Waals surface area contributed by atoms with Crippen LogP contribution in [0.15, 0.2) is 54.7 Å². The molecule has 0 spiro atoms. The molecule has 1 aromatic heterocycles. The van der Waals surface area contributed by atoms with E-state index >= 15 is 0 Å². The predicted octanol–water partition coefficient (Wildman–Crippen LogP) is 5.54. The molecule has 3 aromatic rings. The summed E-state index contributed by atoms with van der Waals surface area (Å²) in [6.07, 6.45) is 6.27. The summed E-state index contributed by atoms with van der Waals surface area (Å²) in [7, 11) is 1.59. The molecule has 2 heterocycles. The average Bonchev–Trinajstić information content (AvgIpc) is 3.45. The van der Waals surface area contributed by atoms with Gasteiger partial charge < -0.3 is 19.6 Å². The molecule has 3 unspecified atom stereocenters. The van der Waals surface area contributed by atoms with Gasteiger partial charge in [0.2, 0.25) is 5.91 Å². The Morgan fingerprint density at radius 3 is 2.51 bits per heavy atom. The lowest BCUT2D eigenvalue weighted by molar-refractivity contribution is -0.142. The molecule has 0 bridgehead atoms. The summed E-state index contributed by atoms with van der Waals surface area (Å²) in [5.74, 6) is -0.983. The molecular weight excluding hydrogens is 514 g/mol. The molecule has 2 saturated carbocycles. The SMILES string of the molecule is COc1ncc(-c2ccc(C(=O)N3c4ccccc4C(N(C(=O)CCC(=O)O)C4CC4)C4CCCC43)cc2)s1. The van der Waals surface area contributed by atoms with Crippen molar-refractivity contribution in [3.05, 3.63) is 65.9 Å². The molecule has 1 N–H and O–H groups in total. The summed E-state index contributed by atoms with van der Waals surface area (Å²) in [4.78, 5) is 47.9. The number of hydrogen-bond acceptors (Lipinski definition) is 6. The number of anilines is 1. The van der Waals surface area contributed by atoms with E-state index in [2.05, 4.69) is 4.98 Å². The molecule has 6 rings (SSSR count). The molecule has 3 atom stereocenters. The third-order valence-electron chi connectivity index (χ3n) is 8.16. The second-order valence-electron chi connectivity index (χ2n) is 10.5. The van der Waals surface area contributed by atoms with Crippen LogP contribution in [0.3, 0.4) is 0 Å². The Morgan fingerprint density at radius 1 is 1.05 bits per heavy atom. The van der Waals surface area contributed by atoms with E-state index < -0.39 is 5.97 Å². The summed E-state index contributed by atoms with van der Waals surface area (Å²) in [5.41, 5.74) is 3.43. The Bertz CT molecular complexity index is 1400. The summed E-state index contributed by atoms with van der Waals surface area (Å²) in [6.45, 7) is 0. The number of nitrogens with zero attached hydrogens (tertiary/aromatic N) is 3. The van der Waals surface area contributed by atoms with E-state index in [4.69, 9.17) is 4.74 Å². The number of carbonyl (C=O) groups is 3.